The molecule has 1 aliphatic rings. The molecule has 110 valence electrons. The molecule has 1 amide bonds. The standard InChI is InChI=1S/C14H19NO3S2/c1-10-4-2-6-15(13(10)14(17)18)12(16)9-19-8-11-5-3-7-20-11/h3,5,7,10,13H,2,4,6,8-9H2,1H3,(H,17,18). The zero-order valence-corrected chi connectivity index (χ0v) is 13.1. The lowest BCUT2D eigenvalue weighted by Gasteiger charge is -2.37. The SMILES string of the molecule is CC1CCCN(C(=O)CSCc2cccs2)C1C(=O)O. The molecule has 0 aromatic carbocycles. The van der Waals surface area contributed by atoms with Crippen molar-refractivity contribution in [3.63, 3.8) is 0 Å². The Kier molecular flexibility index (Phi) is 5.48. The van der Waals surface area contributed by atoms with E-state index in [0.717, 1.165) is 18.6 Å². The Hall–Kier alpha value is -1.01. The molecule has 1 aliphatic heterocycles. The molecular weight excluding hydrogens is 294 g/mol. The van der Waals surface area contributed by atoms with Crippen molar-refractivity contribution in [2.45, 2.75) is 31.6 Å². The molecule has 6 heteroatoms. The maximum absolute atomic E-state index is 12.2. The quantitative estimate of drug-likeness (QED) is 0.908. The summed E-state index contributed by atoms with van der Waals surface area (Å²) in [6.07, 6.45) is 1.77. The number of carboxylic acid groups (broad SMARTS) is 1. The van der Waals surface area contributed by atoms with Gasteiger partial charge in [0, 0.05) is 17.2 Å². The van der Waals surface area contributed by atoms with E-state index in [9.17, 15) is 14.7 Å². The van der Waals surface area contributed by atoms with Gasteiger partial charge in [-0.3, -0.25) is 4.79 Å². The summed E-state index contributed by atoms with van der Waals surface area (Å²) in [6.45, 7) is 2.48. The predicted octanol–water partition coefficient (Wildman–Crippen LogP) is 2.69. The molecule has 2 atom stereocenters. The van der Waals surface area contributed by atoms with E-state index in [4.69, 9.17) is 0 Å². The van der Waals surface area contributed by atoms with E-state index in [0.29, 0.717) is 12.3 Å². The zero-order valence-electron chi connectivity index (χ0n) is 11.4. The molecule has 2 unspecified atom stereocenters. The molecule has 1 fully saturated rings. The van der Waals surface area contributed by atoms with Crippen LogP contribution in [0.25, 0.3) is 0 Å². The van der Waals surface area contributed by atoms with Gasteiger partial charge in [-0.1, -0.05) is 13.0 Å². The Morgan fingerprint density at radius 2 is 2.35 bits per heavy atom. The first-order valence-corrected chi connectivity index (χ1v) is 8.75. The van der Waals surface area contributed by atoms with Gasteiger partial charge < -0.3 is 10.0 Å². The topological polar surface area (TPSA) is 57.6 Å². The minimum atomic E-state index is -0.881. The number of carbonyl (C=O) groups excluding carboxylic acids is 1. The monoisotopic (exact) mass is 313 g/mol. The van der Waals surface area contributed by atoms with Crippen molar-refractivity contribution in [2.24, 2.45) is 5.92 Å². The van der Waals surface area contributed by atoms with E-state index in [1.807, 2.05) is 24.4 Å². The predicted molar refractivity (Wildman–Crippen MR) is 82.0 cm³/mol. The van der Waals surface area contributed by atoms with E-state index < -0.39 is 12.0 Å². The summed E-state index contributed by atoms with van der Waals surface area (Å²) in [5.41, 5.74) is 0. The number of carbonyl (C=O) groups is 2. The highest BCUT2D eigenvalue weighted by atomic mass is 32.2. The van der Waals surface area contributed by atoms with Gasteiger partial charge in [0.1, 0.15) is 6.04 Å². The molecular formula is C14H19NO3S2. The molecule has 1 saturated heterocycles. The molecule has 2 rings (SSSR count). The van der Waals surface area contributed by atoms with E-state index in [1.54, 1.807) is 28.0 Å². The highest BCUT2D eigenvalue weighted by Crippen LogP contribution is 2.25. The summed E-state index contributed by atoms with van der Waals surface area (Å²) in [6, 6.07) is 3.39. The van der Waals surface area contributed by atoms with Crippen molar-refractivity contribution < 1.29 is 14.7 Å². The maximum atomic E-state index is 12.2. The van der Waals surface area contributed by atoms with Crippen LogP contribution in [-0.4, -0.2) is 40.2 Å². The Morgan fingerprint density at radius 1 is 1.55 bits per heavy atom. The van der Waals surface area contributed by atoms with Gasteiger partial charge in [0.15, 0.2) is 0 Å². The Balaban J connectivity index is 1.88. The van der Waals surface area contributed by atoms with Crippen molar-refractivity contribution >= 4 is 35.0 Å². The number of thioether (sulfide) groups is 1. The van der Waals surface area contributed by atoms with Gasteiger partial charge in [-0.2, -0.15) is 0 Å². The van der Waals surface area contributed by atoms with Crippen LogP contribution < -0.4 is 0 Å². The smallest absolute Gasteiger partial charge is 0.326 e. The molecule has 0 spiro atoms. The summed E-state index contributed by atoms with van der Waals surface area (Å²) in [4.78, 5) is 26.4. The van der Waals surface area contributed by atoms with Crippen molar-refractivity contribution in [3.8, 4) is 0 Å². The van der Waals surface area contributed by atoms with Crippen molar-refractivity contribution in [3.05, 3.63) is 22.4 Å². The second-order valence-electron chi connectivity index (χ2n) is 5.06. The lowest BCUT2D eigenvalue weighted by atomic mass is 9.91. The van der Waals surface area contributed by atoms with E-state index in [1.165, 1.54) is 4.88 Å². The van der Waals surface area contributed by atoms with Gasteiger partial charge in [0.25, 0.3) is 0 Å². The fraction of sp³-hybridized carbons (Fsp3) is 0.571. The van der Waals surface area contributed by atoms with E-state index >= 15 is 0 Å². The fourth-order valence-electron chi connectivity index (χ4n) is 2.56. The molecule has 1 aromatic rings. The lowest BCUT2D eigenvalue weighted by Crippen LogP contribution is -2.52. The van der Waals surface area contributed by atoms with E-state index in [2.05, 4.69) is 0 Å². The van der Waals surface area contributed by atoms with Gasteiger partial charge in [0.2, 0.25) is 5.91 Å². The number of hydrogen-bond acceptors (Lipinski definition) is 4. The minimum Gasteiger partial charge on any atom is -0.480 e. The maximum Gasteiger partial charge on any atom is 0.326 e. The van der Waals surface area contributed by atoms with Gasteiger partial charge in [0.05, 0.1) is 5.75 Å². The fourth-order valence-corrected chi connectivity index (χ4v) is 4.31. The Bertz CT molecular complexity index is 461. The van der Waals surface area contributed by atoms with Crippen LogP contribution in [0.15, 0.2) is 17.5 Å². The third-order valence-corrected chi connectivity index (χ3v) is 5.58. The summed E-state index contributed by atoms with van der Waals surface area (Å²) in [5, 5.41) is 11.3. The van der Waals surface area contributed by atoms with Crippen LogP contribution in [0, 0.1) is 5.92 Å². The first-order valence-electron chi connectivity index (χ1n) is 6.72. The first-order chi connectivity index (χ1) is 9.59. The highest BCUT2D eigenvalue weighted by molar-refractivity contribution is 7.99. The summed E-state index contributed by atoms with van der Waals surface area (Å²) < 4.78 is 0. The normalized spacial score (nSPS) is 22.8. The van der Waals surface area contributed by atoms with Crippen LogP contribution in [0.2, 0.25) is 0 Å². The van der Waals surface area contributed by atoms with Crippen molar-refractivity contribution in [2.75, 3.05) is 12.3 Å². The molecule has 4 nitrogen and oxygen atoms in total. The van der Waals surface area contributed by atoms with Crippen molar-refractivity contribution in [1.29, 1.82) is 0 Å². The molecule has 0 aliphatic carbocycles. The second-order valence-corrected chi connectivity index (χ2v) is 7.08. The van der Waals surface area contributed by atoms with Crippen LogP contribution in [0.1, 0.15) is 24.6 Å². The number of rotatable bonds is 5. The van der Waals surface area contributed by atoms with Crippen molar-refractivity contribution in [1.82, 2.24) is 4.90 Å². The third kappa shape index (κ3) is 3.76. The van der Waals surface area contributed by atoms with E-state index in [-0.39, 0.29) is 11.8 Å². The summed E-state index contributed by atoms with van der Waals surface area (Å²) in [7, 11) is 0. The van der Waals surface area contributed by atoms with Gasteiger partial charge in [-0.15, -0.1) is 23.1 Å². The number of nitrogens with zero attached hydrogens (tertiary/aromatic N) is 1. The van der Waals surface area contributed by atoms with Crippen LogP contribution in [0.5, 0.6) is 0 Å². The number of amides is 1. The van der Waals surface area contributed by atoms with Gasteiger partial charge in [-0.25, -0.2) is 4.79 Å². The number of thiophene rings is 1. The summed E-state index contributed by atoms with van der Waals surface area (Å²) in [5.74, 6) is 0.269. The molecule has 1 N–H and O–H groups in total. The number of aliphatic carboxylic acids is 1. The minimum absolute atomic E-state index is 0.0347. The van der Waals surface area contributed by atoms with Crippen LogP contribution >= 0.6 is 23.1 Å². The van der Waals surface area contributed by atoms with Crippen LogP contribution in [-0.2, 0) is 15.3 Å². The second kappa shape index (κ2) is 7.13. The largest absolute Gasteiger partial charge is 0.480 e. The van der Waals surface area contributed by atoms with Gasteiger partial charge >= 0.3 is 5.97 Å². The number of carboxylic acids is 1. The Labute approximate surface area is 127 Å². The number of piperidine rings is 1. The highest BCUT2D eigenvalue weighted by Gasteiger charge is 2.36. The average molecular weight is 313 g/mol. The summed E-state index contributed by atoms with van der Waals surface area (Å²) >= 11 is 3.23. The average Bonchev–Trinajstić information content (AvgIpc) is 2.91. The molecule has 20 heavy (non-hydrogen) atoms. The molecule has 2 heterocycles. The molecule has 0 radical (unpaired) electrons. The zero-order chi connectivity index (χ0) is 14.5. The third-order valence-electron chi connectivity index (χ3n) is 3.56. The molecule has 0 bridgehead atoms. The molecule has 1 aromatic heterocycles. The van der Waals surface area contributed by atoms with Gasteiger partial charge in [-0.05, 0) is 30.2 Å². The van der Waals surface area contributed by atoms with Crippen LogP contribution in [0.4, 0.5) is 0 Å². The molecule has 0 saturated carbocycles. The van der Waals surface area contributed by atoms with Crippen LogP contribution in [0.3, 0.4) is 0 Å². The number of likely N-dealkylation sites (tertiary alicyclic amines) is 1. The lowest BCUT2D eigenvalue weighted by molar-refractivity contribution is -0.153. The first kappa shape index (κ1) is 15.4. The number of hydrogen-bond donors (Lipinski definition) is 1. The Morgan fingerprint density at radius 3 is 3.00 bits per heavy atom.